The number of hydrogen-bond acceptors (Lipinski definition) is 5. The van der Waals surface area contributed by atoms with Crippen LogP contribution in [0, 0.1) is 6.92 Å². The highest BCUT2D eigenvalue weighted by Gasteiger charge is 2.05. The molecule has 1 aromatic rings. The van der Waals surface area contributed by atoms with Crippen LogP contribution in [0.25, 0.3) is 0 Å². The van der Waals surface area contributed by atoms with E-state index in [1.165, 1.54) is 11.8 Å². The van der Waals surface area contributed by atoms with Crippen LogP contribution >= 0.6 is 11.8 Å². The summed E-state index contributed by atoms with van der Waals surface area (Å²) in [6, 6.07) is 1.88. The van der Waals surface area contributed by atoms with Crippen molar-refractivity contribution in [2.24, 2.45) is 0 Å². The highest BCUT2D eigenvalue weighted by atomic mass is 32.2. The fraction of sp³-hybridized carbons (Fsp3) is 0.583. The second kappa shape index (κ2) is 7.92. The van der Waals surface area contributed by atoms with E-state index in [1.807, 2.05) is 19.9 Å². The lowest BCUT2D eigenvalue weighted by atomic mass is 10.4. The highest BCUT2D eigenvalue weighted by Crippen LogP contribution is 2.18. The van der Waals surface area contributed by atoms with E-state index >= 15 is 0 Å². The average molecular weight is 268 g/mol. The van der Waals surface area contributed by atoms with E-state index in [4.69, 9.17) is 0 Å². The zero-order valence-electron chi connectivity index (χ0n) is 11.1. The molecule has 0 unspecified atom stereocenters. The third-order valence-corrected chi connectivity index (χ3v) is 3.01. The van der Waals surface area contributed by atoms with Crippen LogP contribution in [0.4, 0.5) is 5.82 Å². The number of amides is 1. The molecule has 0 spiro atoms. The summed E-state index contributed by atoms with van der Waals surface area (Å²) in [6.45, 7) is 7.41. The topological polar surface area (TPSA) is 66.9 Å². The van der Waals surface area contributed by atoms with E-state index in [0.717, 1.165) is 29.6 Å². The Balaban J connectivity index is 2.59. The number of aryl methyl sites for hydroxylation is 1. The van der Waals surface area contributed by atoms with Gasteiger partial charge in [0, 0.05) is 19.2 Å². The first-order valence-corrected chi connectivity index (χ1v) is 7.13. The van der Waals surface area contributed by atoms with Gasteiger partial charge in [0.05, 0.1) is 5.75 Å². The van der Waals surface area contributed by atoms with Crippen molar-refractivity contribution in [2.45, 2.75) is 32.2 Å². The van der Waals surface area contributed by atoms with Gasteiger partial charge >= 0.3 is 0 Å². The van der Waals surface area contributed by atoms with E-state index in [-0.39, 0.29) is 5.91 Å². The van der Waals surface area contributed by atoms with Gasteiger partial charge in [-0.3, -0.25) is 4.79 Å². The Bertz CT molecular complexity index is 398. The number of carbonyl (C=O) groups excluding carboxylic acids is 1. The van der Waals surface area contributed by atoms with Gasteiger partial charge in [-0.25, -0.2) is 9.97 Å². The van der Waals surface area contributed by atoms with Crippen LogP contribution in [0.2, 0.25) is 0 Å². The number of carbonyl (C=O) groups is 1. The second-order valence-corrected chi connectivity index (χ2v) is 4.80. The first kappa shape index (κ1) is 14.8. The number of nitrogens with one attached hydrogen (secondary N) is 2. The van der Waals surface area contributed by atoms with Gasteiger partial charge in [-0.1, -0.05) is 18.7 Å². The van der Waals surface area contributed by atoms with Gasteiger partial charge in [-0.05, 0) is 20.3 Å². The maximum absolute atomic E-state index is 11.4. The molecule has 0 saturated carbocycles. The molecule has 0 atom stereocenters. The molecule has 1 rings (SSSR count). The van der Waals surface area contributed by atoms with Crippen LogP contribution in [0.15, 0.2) is 11.1 Å². The summed E-state index contributed by atoms with van der Waals surface area (Å²) < 4.78 is 0. The zero-order valence-corrected chi connectivity index (χ0v) is 11.9. The number of nitrogens with zero attached hydrogens (tertiary/aromatic N) is 2. The molecule has 2 N–H and O–H groups in total. The van der Waals surface area contributed by atoms with Crippen molar-refractivity contribution in [1.82, 2.24) is 15.3 Å². The molecule has 100 valence electrons. The molecule has 0 aliphatic carbocycles. The maximum Gasteiger partial charge on any atom is 0.230 e. The largest absolute Gasteiger partial charge is 0.370 e. The minimum Gasteiger partial charge on any atom is -0.370 e. The van der Waals surface area contributed by atoms with Crippen molar-refractivity contribution in [3.63, 3.8) is 0 Å². The van der Waals surface area contributed by atoms with Crippen LogP contribution < -0.4 is 10.6 Å². The van der Waals surface area contributed by atoms with Crippen molar-refractivity contribution in [3.8, 4) is 0 Å². The fourth-order valence-electron chi connectivity index (χ4n) is 1.35. The number of rotatable bonds is 7. The lowest BCUT2D eigenvalue weighted by Gasteiger charge is -2.07. The van der Waals surface area contributed by atoms with Crippen molar-refractivity contribution in [2.75, 3.05) is 24.2 Å². The van der Waals surface area contributed by atoms with Crippen LogP contribution in [-0.4, -0.2) is 34.7 Å². The molecule has 0 fully saturated rings. The highest BCUT2D eigenvalue weighted by molar-refractivity contribution is 7.99. The number of anilines is 1. The van der Waals surface area contributed by atoms with E-state index in [9.17, 15) is 4.79 Å². The van der Waals surface area contributed by atoms with Gasteiger partial charge in [0.25, 0.3) is 0 Å². The van der Waals surface area contributed by atoms with Crippen molar-refractivity contribution < 1.29 is 4.79 Å². The molecule has 0 bridgehead atoms. The molecule has 1 amide bonds. The lowest BCUT2D eigenvalue weighted by molar-refractivity contribution is -0.118. The van der Waals surface area contributed by atoms with Crippen LogP contribution in [0.1, 0.15) is 26.1 Å². The molecule has 0 radical (unpaired) electrons. The van der Waals surface area contributed by atoms with Gasteiger partial charge in [0.15, 0.2) is 0 Å². The minimum atomic E-state index is 0.0295. The summed E-state index contributed by atoms with van der Waals surface area (Å²) >= 11 is 1.43. The Labute approximate surface area is 112 Å². The maximum atomic E-state index is 11.4. The minimum absolute atomic E-state index is 0.0295. The standard InChI is InChI=1S/C12H20N4OS/c1-4-6-14-10-7-12(16-9(3)15-10)18-8-11(17)13-5-2/h7H,4-6,8H2,1-3H3,(H,13,17)(H,14,15,16). The summed E-state index contributed by atoms with van der Waals surface area (Å²) in [6.07, 6.45) is 1.05. The van der Waals surface area contributed by atoms with Crippen LogP contribution in [0.5, 0.6) is 0 Å². The Morgan fingerprint density at radius 1 is 1.39 bits per heavy atom. The lowest BCUT2D eigenvalue weighted by Crippen LogP contribution is -2.24. The van der Waals surface area contributed by atoms with Gasteiger partial charge in [-0.2, -0.15) is 0 Å². The molecule has 1 heterocycles. The smallest absolute Gasteiger partial charge is 0.230 e. The number of aromatic nitrogens is 2. The van der Waals surface area contributed by atoms with Crippen molar-refractivity contribution in [1.29, 1.82) is 0 Å². The number of thioether (sulfide) groups is 1. The summed E-state index contributed by atoms with van der Waals surface area (Å²) in [5.74, 6) is 1.96. The average Bonchev–Trinajstić information content (AvgIpc) is 2.34. The first-order chi connectivity index (χ1) is 8.65. The summed E-state index contributed by atoms with van der Waals surface area (Å²) in [5.41, 5.74) is 0. The molecular formula is C12H20N4OS. The fourth-order valence-corrected chi connectivity index (χ4v) is 2.12. The SMILES string of the molecule is CCCNc1cc(SCC(=O)NCC)nc(C)n1. The summed E-state index contributed by atoms with van der Waals surface area (Å²) in [7, 11) is 0. The molecule has 5 nitrogen and oxygen atoms in total. The quantitative estimate of drug-likeness (QED) is 0.583. The predicted octanol–water partition coefficient (Wildman–Crippen LogP) is 1.84. The van der Waals surface area contributed by atoms with Gasteiger partial charge in [0.1, 0.15) is 16.7 Å². The van der Waals surface area contributed by atoms with Gasteiger partial charge in [-0.15, -0.1) is 0 Å². The van der Waals surface area contributed by atoms with E-state index in [2.05, 4.69) is 27.5 Å². The molecule has 0 aromatic carbocycles. The molecule has 18 heavy (non-hydrogen) atoms. The van der Waals surface area contributed by atoms with Crippen molar-refractivity contribution in [3.05, 3.63) is 11.9 Å². The Kier molecular flexibility index (Phi) is 6.49. The zero-order chi connectivity index (χ0) is 13.4. The van der Waals surface area contributed by atoms with Crippen molar-refractivity contribution >= 4 is 23.5 Å². The molecule has 0 aliphatic rings. The summed E-state index contributed by atoms with van der Waals surface area (Å²) in [4.78, 5) is 20.0. The molecule has 6 heteroatoms. The van der Waals surface area contributed by atoms with E-state index in [1.54, 1.807) is 0 Å². The monoisotopic (exact) mass is 268 g/mol. The predicted molar refractivity (Wildman–Crippen MR) is 75.0 cm³/mol. The van der Waals surface area contributed by atoms with Gasteiger partial charge < -0.3 is 10.6 Å². The van der Waals surface area contributed by atoms with E-state index < -0.39 is 0 Å². The Morgan fingerprint density at radius 3 is 2.83 bits per heavy atom. The van der Waals surface area contributed by atoms with E-state index in [0.29, 0.717) is 12.3 Å². The number of hydrogen-bond donors (Lipinski definition) is 2. The molecular weight excluding hydrogens is 248 g/mol. The Hall–Kier alpha value is -1.30. The Morgan fingerprint density at radius 2 is 2.17 bits per heavy atom. The second-order valence-electron chi connectivity index (χ2n) is 3.81. The molecule has 1 aromatic heterocycles. The van der Waals surface area contributed by atoms with Gasteiger partial charge in [0.2, 0.25) is 5.91 Å². The van der Waals surface area contributed by atoms with Crippen LogP contribution in [-0.2, 0) is 4.79 Å². The third-order valence-electron chi connectivity index (χ3n) is 2.10. The normalized spacial score (nSPS) is 10.2. The summed E-state index contributed by atoms with van der Waals surface area (Å²) in [5, 5.41) is 6.81. The molecule has 0 saturated heterocycles. The first-order valence-electron chi connectivity index (χ1n) is 6.14. The van der Waals surface area contributed by atoms with Crippen LogP contribution in [0.3, 0.4) is 0 Å². The third kappa shape index (κ3) is 5.35. The molecule has 0 aliphatic heterocycles.